The molecule has 3 heterocycles. The van der Waals surface area contributed by atoms with Crippen molar-refractivity contribution in [3.63, 3.8) is 0 Å². The number of nitrogens with zero attached hydrogens (tertiary/aromatic N) is 2. The summed E-state index contributed by atoms with van der Waals surface area (Å²) in [5, 5.41) is 8.72. The van der Waals surface area contributed by atoms with Crippen LogP contribution >= 0.6 is 11.8 Å². The Morgan fingerprint density at radius 2 is 2.06 bits per heavy atom. The van der Waals surface area contributed by atoms with Gasteiger partial charge in [0.2, 0.25) is 11.8 Å². The molecule has 0 saturated heterocycles. The molecule has 5 rings (SSSR count). The zero-order chi connectivity index (χ0) is 22.6. The van der Waals surface area contributed by atoms with Crippen molar-refractivity contribution in [1.82, 2.24) is 15.3 Å². The number of amides is 1. The van der Waals surface area contributed by atoms with Gasteiger partial charge < -0.3 is 15.4 Å². The number of hydrogen-bond donors (Lipinski definition) is 2. The molecule has 3 aromatic rings. The van der Waals surface area contributed by atoms with Crippen LogP contribution < -0.4 is 15.4 Å². The number of anilines is 1. The first-order valence-electron chi connectivity index (χ1n) is 11.8. The van der Waals surface area contributed by atoms with Crippen LogP contribution in [0.1, 0.15) is 43.2 Å². The summed E-state index contributed by atoms with van der Waals surface area (Å²) in [6, 6.07) is 13.1. The molecule has 7 heteroatoms. The number of para-hydroxylation sites is 1. The van der Waals surface area contributed by atoms with Gasteiger partial charge in [-0.1, -0.05) is 30.0 Å². The second-order valence-corrected chi connectivity index (χ2v) is 9.98. The molecule has 0 radical (unpaired) electrons. The number of fused-ring (bicyclic) bond motifs is 2. The van der Waals surface area contributed by atoms with Gasteiger partial charge in [-0.25, -0.2) is 9.97 Å². The highest BCUT2D eigenvalue weighted by atomic mass is 32.2. The molecule has 33 heavy (non-hydrogen) atoms. The lowest BCUT2D eigenvalue weighted by Gasteiger charge is -2.29. The molecule has 0 atom stereocenters. The first kappa shape index (κ1) is 22.2. The summed E-state index contributed by atoms with van der Waals surface area (Å²) < 4.78 is 5.33. The van der Waals surface area contributed by atoms with Crippen molar-refractivity contribution in [3.05, 3.63) is 53.7 Å². The Labute approximate surface area is 198 Å². The highest BCUT2D eigenvalue weighted by molar-refractivity contribution is 8.00. The third-order valence-corrected chi connectivity index (χ3v) is 7.78. The lowest BCUT2D eigenvalue weighted by molar-refractivity contribution is -0.113. The average molecular weight is 463 g/mol. The van der Waals surface area contributed by atoms with Crippen LogP contribution in [0.5, 0.6) is 5.88 Å². The number of thioether (sulfide) groups is 1. The van der Waals surface area contributed by atoms with Gasteiger partial charge in [-0.15, -0.1) is 0 Å². The van der Waals surface area contributed by atoms with Gasteiger partial charge in [0, 0.05) is 30.2 Å². The molecule has 0 spiro atoms. The van der Waals surface area contributed by atoms with Crippen LogP contribution in [0, 0.1) is 5.92 Å². The Kier molecular flexibility index (Phi) is 6.78. The van der Waals surface area contributed by atoms with Crippen molar-refractivity contribution < 1.29 is 9.53 Å². The van der Waals surface area contributed by atoms with Gasteiger partial charge in [0.1, 0.15) is 5.03 Å². The van der Waals surface area contributed by atoms with Gasteiger partial charge in [-0.3, -0.25) is 4.79 Å². The van der Waals surface area contributed by atoms with E-state index in [4.69, 9.17) is 9.72 Å². The number of carbonyl (C=O) groups excluding carboxylic acids is 1. The Morgan fingerprint density at radius 1 is 1.18 bits per heavy atom. The first-order valence-corrected chi connectivity index (χ1v) is 12.7. The standard InChI is InChI=1S/C26H30N4O2S/c1-32-24-12-9-20-4-2-3-19(25(20)30-24)8-5-17-6-10-21(11-7-17)27-14-18-13-22-26(28-15-18)33-16-23(31)29-22/h2-4,9,12-13,15,17,21,27H,5-8,10-11,14,16H2,1H3,(H,29,31)/t17-,21-. The van der Waals surface area contributed by atoms with Gasteiger partial charge in [0.05, 0.1) is 24.1 Å². The summed E-state index contributed by atoms with van der Waals surface area (Å²) in [6.07, 6.45) is 9.12. The second-order valence-electron chi connectivity index (χ2n) is 9.01. The number of hydrogen-bond acceptors (Lipinski definition) is 6. The van der Waals surface area contributed by atoms with E-state index in [0.717, 1.165) is 40.7 Å². The van der Waals surface area contributed by atoms with Gasteiger partial charge in [-0.2, -0.15) is 0 Å². The van der Waals surface area contributed by atoms with Crippen LogP contribution in [0.4, 0.5) is 5.69 Å². The Balaban J connectivity index is 1.11. The third kappa shape index (κ3) is 5.31. The molecule has 1 fully saturated rings. The molecule has 1 saturated carbocycles. The summed E-state index contributed by atoms with van der Waals surface area (Å²) in [7, 11) is 1.67. The Hall–Kier alpha value is -2.64. The fourth-order valence-electron chi connectivity index (χ4n) is 4.90. The molecule has 6 nitrogen and oxygen atoms in total. The van der Waals surface area contributed by atoms with Crippen molar-refractivity contribution in [2.75, 3.05) is 18.2 Å². The van der Waals surface area contributed by atoms with E-state index in [-0.39, 0.29) is 5.91 Å². The normalized spacial score (nSPS) is 20.3. The SMILES string of the molecule is COc1ccc2cccc(CC[C@H]3CC[C@H](NCc4cnc5c(c4)NC(=O)CS5)CC3)c2n1. The number of rotatable bonds is 7. The monoisotopic (exact) mass is 462 g/mol. The molecular formula is C26H30N4O2S. The molecule has 0 bridgehead atoms. The number of aromatic nitrogens is 2. The van der Waals surface area contributed by atoms with Gasteiger partial charge in [0.25, 0.3) is 0 Å². The maximum absolute atomic E-state index is 11.6. The van der Waals surface area contributed by atoms with E-state index in [1.165, 1.54) is 54.8 Å². The lowest BCUT2D eigenvalue weighted by Crippen LogP contribution is -2.33. The van der Waals surface area contributed by atoms with E-state index in [1.54, 1.807) is 7.11 Å². The van der Waals surface area contributed by atoms with Crippen molar-refractivity contribution in [2.24, 2.45) is 5.92 Å². The number of ether oxygens (including phenoxy) is 1. The first-order chi connectivity index (χ1) is 16.2. The van der Waals surface area contributed by atoms with Gasteiger partial charge >= 0.3 is 0 Å². The van der Waals surface area contributed by atoms with Crippen LogP contribution in [0.3, 0.4) is 0 Å². The largest absolute Gasteiger partial charge is 0.481 e. The third-order valence-electron chi connectivity index (χ3n) is 6.77. The molecule has 1 aliphatic carbocycles. The molecule has 2 aliphatic rings. The minimum Gasteiger partial charge on any atom is -0.481 e. The quantitative estimate of drug-likeness (QED) is 0.517. The number of carbonyl (C=O) groups is 1. The van der Waals surface area contributed by atoms with E-state index in [2.05, 4.69) is 45.9 Å². The maximum Gasteiger partial charge on any atom is 0.234 e. The fraction of sp³-hybridized carbons (Fsp3) is 0.423. The number of aryl methyl sites for hydroxylation is 1. The van der Waals surface area contributed by atoms with E-state index >= 15 is 0 Å². The molecule has 2 N–H and O–H groups in total. The van der Waals surface area contributed by atoms with Crippen LogP contribution in [-0.2, 0) is 17.8 Å². The van der Waals surface area contributed by atoms with Crippen LogP contribution in [0.25, 0.3) is 10.9 Å². The number of benzene rings is 1. The van der Waals surface area contributed by atoms with E-state index in [9.17, 15) is 4.79 Å². The lowest BCUT2D eigenvalue weighted by atomic mass is 9.82. The minimum atomic E-state index is 0.0520. The van der Waals surface area contributed by atoms with Gasteiger partial charge in [-0.05, 0) is 67.7 Å². The summed E-state index contributed by atoms with van der Waals surface area (Å²) in [5.74, 6) is 1.95. The number of methoxy groups -OCH3 is 1. The topological polar surface area (TPSA) is 76.1 Å². The zero-order valence-electron chi connectivity index (χ0n) is 19.0. The highest BCUT2D eigenvalue weighted by Gasteiger charge is 2.22. The molecular weight excluding hydrogens is 432 g/mol. The molecule has 1 aliphatic heterocycles. The van der Waals surface area contributed by atoms with Crippen molar-refractivity contribution >= 4 is 34.3 Å². The predicted octanol–water partition coefficient (Wildman–Crippen LogP) is 4.96. The summed E-state index contributed by atoms with van der Waals surface area (Å²) in [4.78, 5) is 20.8. The molecule has 172 valence electrons. The second kappa shape index (κ2) is 10.1. The van der Waals surface area contributed by atoms with E-state index in [1.807, 2.05) is 12.3 Å². The highest BCUT2D eigenvalue weighted by Crippen LogP contribution is 2.31. The predicted molar refractivity (Wildman–Crippen MR) is 133 cm³/mol. The fourth-order valence-corrected chi connectivity index (χ4v) is 5.63. The van der Waals surface area contributed by atoms with Crippen LogP contribution in [-0.4, -0.2) is 34.8 Å². The average Bonchev–Trinajstić information content (AvgIpc) is 2.86. The molecule has 1 amide bonds. The Morgan fingerprint density at radius 3 is 2.91 bits per heavy atom. The number of nitrogens with one attached hydrogen (secondary N) is 2. The molecule has 2 aromatic heterocycles. The maximum atomic E-state index is 11.6. The van der Waals surface area contributed by atoms with E-state index < -0.39 is 0 Å². The van der Waals surface area contributed by atoms with Crippen molar-refractivity contribution in [3.8, 4) is 5.88 Å². The smallest absolute Gasteiger partial charge is 0.234 e. The van der Waals surface area contributed by atoms with Crippen LogP contribution in [0.15, 0.2) is 47.6 Å². The number of pyridine rings is 2. The minimum absolute atomic E-state index is 0.0520. The van der Waals surface area contributed by atoms with Crippen molar-refractivity contribution in [2.45, 2.75) is 56.1 Å². The van der Waals surface area contributed by atoms with Crippen LogP contribution in [0.2, 0.25) is 0 Å². The van der Waals surface area contributed by atoms with E-state index in [0.29, 0.717) is 17.7 Å². The molecule has 0 unspecified atom stereocenters. The summed E-state index contributed by atoms with van der Waals surface area (Å²) in [6.45, 7) is 0.791. The zero-order valence-corrected chi connectivity index (χ0v) is 19.8. The van der Waals surface area contributed by atoms with Crippen molar-refractivity contribution in [1.29, 1.82) is 0 Å². The van der Waals surface area contributed by atoms with Gasteiger partial charge in [0.15, 0.2) is 0 Å². The summed E-state index contributed by atoms with van der Waals surface area (Å²) in [5.41, 5.74) is 4.36. The molecule has 1 aromatic carbocycles. The summed E-state index contributed by atoms with van der Waals surface area (Å²) >= 11 is 1.50. The Bertz CT molecular complexity index is 1140.